The number of piperidine rings is 1. The van der Waals surface area contributed by atoms with Crippen molar-refractivity contribution in [1.29, 1.82) is 0 Å². The lowest BCUT2D eigenvalue weighted by atomic mass is 9.84. The normalized spacial score (nSPS) is 18.8. The average molecular weight is 310 g/mol. The minimum atomic E-state index is -0.728. The molecular formula is C14H18N2O4S. The highest BCUT2D eigenvalue weighted by Gasteiger charge is 2.38. The number of rotatable bonds is 4. The van der Waals surface area contributed by atoms with E-state index in [1.165, 1.54) is 12.1 Å². The number of nitrogens with one attached hydrogen (secondary N) is 1. The van der Waals surface area contributed by atoms with E-state index in [-0.39, 0.29) is 11.7 Å². The van der Waals surface area contributed by atoms with Crippen molar-refractivity contribution in [3.05, 3.63) is 39.9 Å². The van der Waals surface area contributed by atoms with Gasteiger partial charge in [0.1, 0.15) is 5.60 Å². The largest absolute Gasteiger partial charge is 0.453 e. The molecule has 6 nitrogen and oxygen atoms in total. The number of carbonyl (C=O) groups excluding carboxylic acids is 1. The molecule has 1 N–H and O–H groups in total. The van der Waals surface area contributed by atoms with Crippen molar-refractivity contribution >= 4 is 24.3 Å². The summed E-state index contributed by atoms with van der Waals surface area (Å²) in [5, 5.41) is 13.5. The Bertz CT molecular complexity index is 524. The Labute approximate surface area is 128 Å². The third-order valence-electron chi connectivity index (χ3n) is 3.65. The van der Waals surface area contributed by atoms with Gasteiger partial charge < -0.3 is 10.1 Å². The van der Waals surface area contributed by atoms with Gasteiger partial charge in [-0.05, 0) is 37.7 Å². The molecular weight excluding hydrogens is 292 g/mol. The van der Waals surface area contributed by atoms with Gasteiger partial charge in [0.15, 0.2) is 0 Å². The number of carbonyl (C=O) groups is 1. The maximum Gasteiger partial charge on any atom is 0.319 e. The van der Waals surface area contributed by atoms with Crippen LogP contribution in [0.5, 0.6) is 0 Å². The van der Waals surface area contributed by atoms with Crippen LogP contribution in [0, 0.1) is 10.1 Å². The van der Waals surface area contributed by atoms with Crippen LogP contribution in [-0.2, 0) is 15.1 Å². The summed E-state index contributed by atoms with van der Waals surface area (Å²) in [5.74, 6) is -0.376. The van der Waals surface area contributed by atoms with Gasteiger partial charge in [0.05, 0.1) is 10.2 Å². The molecule has 0 bridgehead atoms. The van der Waals surface area contributed by atoms with E-state index < -0.39 is 15.8 Å². The topological polar surface area (TPSA) is 81.5 Å². The number of non-ortho nitro benzene ring substituents is 1. The van der Waals surface area contributed by atoms with Crippen LogP contribution in [0.1, 0.15) is 25.3 Å². The molecule has 1 aromatic rings. The Hall–Kier alpha value is -1.60. The number of thiol groups is 1. The van der Waals surface area contributed by atoms with Gasteiger partial charge in [0.25, 0.3) is 5.69 Å². The van der Waals surface area contributed by atoms with Gasteiger partial charge in [-0.2, -0.15) is 12.6 Å². The van der Waals surface area contributed by atoms with Gasteiger partial charge in [-0.15, -0.1) is 0 Å². The molecule has 0 amide bonds. The molecule has 2 rings (SSSR count). The fourth-order valence-corrected chi connectivity index (χ4v) is 2.50. The molecule has 0 saturated carbocycles. The maximum atomic E-state index is 11.9. The Morgan fingerprint density at radius 3 is 2.43 bits per heavy atom. The third kappa shape index (κ3) is 3.54. The zero-order valence-electron chi connectivity index (χ0n) is 11.7. The summed E-state index contributed by atoms with van der Waals surface area (Å²) in [5.41, 5.74) is 0.0858. The molecule has 1 saturated heterocycles. The Morgan fingerprint density at radius 2 is 1.95 bits per heavy atom. The van der Waals surface area contributed by atoms with Gasteiger partial charge in [-0.1, -0.05) is 0 Å². The fraction of sp³-hybridized carbons (Fsp3) is 0.500. The van der Waals surface area contributed by atoms with Crippen molar-refractivity contribution in [1.82, 2.24) is 5.32 Å². The molecule has 1 fully saturated rings. The first-order chi connectivity index (χ1) is 9.94. The summed E-state index contributed by atoms with van der Waals surface area (Å²) in [6.07, 6.45) is 1.27. The standard InChI is InChI=1S/C14H18N2O4S/c1-10(21)13(17)20-14(6-8-15-9-7-14)11-2-4-12(5-3-11)16(18)19/h2-5,10,15,21H,6-9H2,1H3. The van der Waals surface area contributed by atoms with Crippen molar-refractivity contribution in [3.8, 4) is 0 Å². The molecule has 114 valence electrons. The molecule has 7 heteroatoms. The molecule has 21 heavy (non-hydrogen) atoms. The van der Waals surface area contributed by atoms with Crippen LogP contribution in [-0.4, -0.2) is 29.2 Å². The number of benzene rings is 1. The van der Waals surface area contributed by atoms with Crippen LogP contribution in [0.2, 0.25) is 0 Å². The molecule has 0 radical (unpaired) electrons. The van der Waals surface area contributed by atoms with Crippen LogP contribution in [0.4, 0.5) is 5.69 Å². The molecule has 1 aliphatic heterocycles. The van der Waals surface area contributed by atoms with Crippen molar-refractivity contribution in [3.63, 3.8) is 0 Å². The van der Waals surface area contributed by atoms with Gasteiger partial charge in [-0.3, -0.25) is 14.9 Å². The van der Waals surface area contributed by atoms with E-state index in [0.717, 1.165) is 18.7 Å². The minimum Gasteiger partial charge on any atom is -0.453 e. The number of nitro groups is 1. The lowest BCUT2D eigenvalue weighted by Gasteiger charge is -2.38. The van der Waals surface area contributed by atoms with E-state index in [0.29, 0.717) is 12.8 Å². The second kappa shape index (κ2) is 6.44. The summed E-state index contributed by atoms with van der Waals surface area (Å²) in [7, 11) is 0. The quantitative estimate of drug-likeness (QED) is 0.385. The zero-order chi connectivity index (χ0) is 15.5. The number of nitrogens with zero attached hydrogens (tertiary/aromatic N) is 1. The smallest absolute Gasteiger partial charge is 0.319 e. The minimum absolute atomic E-state index is 0.0247. The molecule has 1 atom stereocenters. The highest BCUT2D eigenvalue weighted by Crippen LogP contribution is 2.36. The van der Waals surface area contributed by atoms with E-state index in [9.17, 15) is 14.9 Å². The summed E-state index contributed by atoms with van der Waals surface area (Å²) in [6, 6.07) is 6.22. The molecule has 1 heterocycles. The highest BCUT2D eigenvalue weighted by molar-refractivity contribution is 7.81. The van der Waals surface area contributed by atoms with Crippen molar-refractivity contribution < 1.29 is 14.5 Å². The number of hydrogen-bond donors (Lipinski definition) is 2. The summed E-state index contributed by atoms with van der Waals surface area (Å²) in [6.45, 7) is 3.12. The molecule has 1 aliphatic rings. The van der Waals surface area contributed by atoms with Crippen molar-refractivity contribution in [2.45, 2.75) is 30.6 Å². The summed E-state index contributed by atoms with van der Waals surface area (Å²) >= 11 is 4.11. The fourth-order valence-electron chi connectivity index (χ4n) is 2.45. The Kier molecular flexibility index (Phi) is 4.84. The maximum absolute atomic E-state index is 11.9. The van der Waals surface area contributed by atoms with E-state index >= 15 is 0 Å². The first-order valence-electron chi connectivity index (χ1n) is 6.81. The average Bonchev–Trinajstić information content (AvgIpc) is 2.48. The Balaban J connectivity index is 2.30. The Morgan fingerprint density at radius 1 is 1.38 bits per heavy atom. The lowest BCUT2D eigenvalue weighted by molar-refractivity contribution is -0.384. The van der Waals surface area contributed by atoms with E-state index in [1.54, 1.807) is 19.1 Å². The molecule has 0 aromatic heterocycles. The molecule has 1 aromatic carbocycles. The van der Waals surface area contributed by atoms with Gasteiger partial charge >= 0.3 is 5.97 Å². The lowest BCUT2D eigenvalue weighted by Crippen LogP contribution is -2.44. The number of esters is 1. The number of ether oxygens (including phenoxy) is 1. The monoisotopic (exact) mass is 310 g/mol. The second-order valence-electron chi connectivity index (χ2n) is 5.15. The SMILES string of the molecule is CC(S)C(=O)OC1(c2ccc([N+](=O)[O-])cc2)CCNCC1. The number of nitro benzene ring substituents is 1. The molecule has 0 aliphatic carbocycles. The first kappa shape index (κ1) is 15.8. The van der Waals surface area contributed by atoms with Crippen LogP contribution in [0.25, 0.3) is 0 Å². The summed E-state index contributed by atoms with van der Waals surface area (Å²) in [4.78, 5) is 22.2. The van der Waals surface area contributed by atoms with Gasteiger partial charge in [0.2, 0.25) is 0 Å². The molecule has 0 spiro atoms. The highest BCUT2D eigenvalue weighted by atomic mass is 32.1. The third-order valence-corrected chi connectivity index (χ3v) is 3.86. The van der Waals surface area contributed by atoms with Crippen LogP contribution < -0.4 is 5.32 Å². The van der Waals surface area contributed by atoms with Gasteiger partial charge in [0, 0.05) is 25.0 Å². The van der Waals surface area contributed by atoms with Crippen molar-refractivity contribution in [2.24, 2.45) is 0 Å². The van der Waals surface area contributed by atoms with E-state index in [2.05, 4.69) is 17.9 Å². The summed E-state index contributed by atoms with van der Waals surface area (Å²) < 4.78 is 5.70. The van der Waals surface area contributed by atoms with Crippen LogP contribution in [0.15, 0.2) is 24.3 Å². The van der Waals surface area contributed by atoms with Crippen LogP contribution >= 0.6 is 12.6 Å². The van der Waals surface area contributed by atoms with E-state index in [4.69, 9.17) is 4.74 Å². The molecule has 1 unspecified atom stereocenters. The number of hydrogen-bond acceptors (Lipinski definition) is 6. The van der Waals surface area contributed by atoms with Crippen molar-refractivity contribution in [2.75, 3.05) is 13.1 Å². The first-order valence-corrected chi connectivity index (χ1v) is 7.33. The van der Waals surface area contributed by atoms with Crippen LogP contribution in [0.3, 0.4) is 0 Å². The predicted molar refractivity (Wildman–Crippen MR) is 81.4 cm³/mol. The van der Waals surface area contributed by atoms with Gasteiger partial charge in [-0.25, -0.2) is 0 Å². The van der Waals surface area contributed by atoms with E-state index in [1.807, 2.05) is 0 Å². The predicted octanol–water partition coefficient (Wildman–Crippen LogP) is 2.04. The zero-order valence-corrected chi connectivity index (χ0v) is 12.6. The second-order valence-corrected chi connectivity index (χ2v) is 5.92.